The van der Waals surface area contributed by atoms with E-state index < -0.39 is 0 Å². The van der Waals surface area contributed by atoms with Gasteiger partial charge in [-0.1, -0.05) is 41.9 Å². The molecule has 4 rings (SSSR count). The molecule has 0 fully saturated rings. The van der Waals surface area contributed by atoms with Gasteiger partial charge in [0.2, 0.25) is 0 Å². The number of fused-ring (bicyclic) bond motifs is 1. The van der Waals surface area contributed by atoms with Crippen molar-refractivity contribution in [1.29, 1.82) is 0 Å². The fourth-order valence-corrected chi connectivity index (χ4v) is 2.79. The molecule has 3 aromatic heterocycles. The molecule has 0 aliphatic rings. The van der Waals surface area contributed by atoms with Crippen LogP contribution in [0.15, 0.2) is 59.3 Å². The summed E-state index contributed by atoms with van der Waals surface area (Å²) >= 11 is 9.69. The first kappa shape index (κ1) is 14.3. The second kappa shape index (κ2) is 5.72. The van der Waals surface area contributed by atoms with Crippen molar-refractivity contribution in [3.63, 3.8) is 0 Å². The van der Waals surface area contributed by atoms with Gasteiger partial charge < -0.3 is 0 Å². The average Bonchev–Trinajstić information content (AvgIpc) is 3.05. The number of pyridine rings is 1. The maximum Gasteiger partial charge on any atom is 0.182 e. The van der Waals surface area contributed by atoms with Gasteiger partial charge in [0, 0.05) is 23.5 Å². The summed E-state index contributed by atoms with van der Waals surface area (Å²) in [6.45, 7) is 0. The Morgan fingerprint density at radius 3 is 2.39 bits per heavy atom. The van der Waals surface area contributed by atoms with Gasteiger partial charge in [0.05, 0.1) is 4.47 Å². The van der Waals surface area contributed by atoms with E-state index in [1.54, 1.807) is 16.9 Å². The Morgan fingerprint density at radius 1 is 0.913 bits per heavy atom. The van der Waals surface area contributed by atoms with Crippen LogP contribution in [0.25, 0.3) is 28.4 Å². The van der Waals surface area contributed by atoms with Gasteiger partial charge in [-0.2, -0.15) is 4.52 Å². The molecule has 7 heteroatoms. The van der Waals surface area contributed by atoms with Gasteiger partial charge in [-0.15, -0.1) is 5.10 Å². The molecule has 0 saturated carbocycles. The van der Waals surface area contributed by atoms with E-state index in [2.05, 4.69) is 36.0 Å². The van der Waals surface area contributed by atoms with E-state index in [9.17, 15) is 0 Å². The molecule has 0 amide bonds. The van der Waals surface area contributed by atoms with Crippen molar-refractivity contribution in [1.82, 2.24) is 24.6 Å². The molecule has 0 N–H and O–H groups in total. The van der Waals surface area contributed by atoms with Crippen LogP contribution in [-0.4, -0.2) is 24.6 Å². The van der Waals surface area contributed by atoms with Crippen LogP contribution in [0.3, 0.4) is 0 Å². The largest absolute Gasteiger partial charge is 0.265 e. The molecule has 4 aromatic rings. The molecular weight excluding hydrogens is 378 g/mol. The Balaban J connectivity index is 2.01. The lowest BCUT2D eigenvalue weighted by Crippen LogP contribution is -1.99. The molecule has 1 aromatic carbocycles. The van der Waals surface area contributed by atoms with E-state index in [1.165, 1.54) is 0 Å². The molecule has 0 spiro atoms. The van der Waals surface area contributed by atoms with Crippen LogP contribution < -0.4 is 0 Å². The maximum atomic E-state index is 6.25. The van der Waals surface area contributed by atoms with Gasteiger partial charge in [0.15, 0.2) is 17.3 Å². The maximum absolute atomic E-state index is 6.25. The summed E-state index contributed by atoms with van der Waals surface area (Å²) in [5.74, 6) is 1.23. The topological polar surface area (TPSA) is 56.0 Å². The third-order valence-corrected chi connectivity index (χ3v) is 4.59. The molecule has 0 aliphatic carbocycles. The summed E-state index contributed by atoms with van der Waals surface area (Å²) in [6.07, 6.45) is 3.42. The zero-order chi connectivity index (χ0) is 15.8. The second-order valence-corrected chi connectivity index (χ2v) is 5.96. The minimum absolute atomic E-state index is 0.352. The monoisotopic (exact) mass is 385 g/mol. The first-order chi connectivity index (χ1) is 11.2. The van der Waals surface area contributed by atoms with E-state index >= 15 is 0 Å². The van der Waals surface area contributed by atoms with Crippen molar-refractivity contribution in [3.8, 4) is 22.8 Å². The summed E-state index contributed by atoms with van der Waals surface area (Å²) in [4.78, 5) is 13.0. The fraction of sp³-hybridized carbons (Fsp3) is 0. The number of aromatic nitrogens is 5. The highest BCUT2D eigenvalue weighted by molar-refractivity contribution is 9.10. The van der Waals surface area contributed by atoms with Crippen LogP contribution in [-0.2, 0) is 0 Å². The van der Waals surface area contributed by atoms with Crippen molar-refractivity contribution < 1.29 is 0 Å². The van der Waals surface area contributed by atoms with Crippen molar-refractivity contribution in [2.24, 2.45) is 0 Å². The first-order valence-corrected chi connectivity index (χ1v) is 7.99. The fourth-order valence-electron chi connectivity index (χ4n) is 2.28. The number of nitrogens with zero attached hydrogens (tertiary/aromatic N) is 5. The number of benzene rings is 1. The summed E-state index contributed by atoms with van der Waals surface area (Å²) < 4.78 is 2.31. The van der Waals surface area contributed by atoms with Crippen molar-refractivity contribution >= 4 is 33.2 Å². The molecule has 0 unspecified atom stereocenters. The van der Waals surface area contributed by atoms with Crippen LogP contribution in [0.4, 0.5) is 0 Å². The SMILES string of the molecule is Clc1nc(-c2ccccc2)n2nc(-c3ccncc3)nc2c1Br. The number of hydrogen-bond acceptors (Lipinski definition) is 4. The molecule has 5 nitrogen and oxygen atoms in total. The van der Waals surface area contributed by atoms with Gasteiger partial charge in [-0.05, 0) is 28.1 Å². The summed E-state index contributed by atoms with van der Waals surface area (Å²) in [5, 5.41) is 4.94. The average molecular weight is 387 g/mol. The van der Waals surface area contributed by atoms with Crippen molar-refractivity contribution in [2.45, 2.75) is 0 Å². The summed E-state index contributed by atoms with van der Waals surface area (Å²) in [5.41, 5.74) is 2.42. The molecule has 0 atom stereocenters. The van der Waals surface area contributed by atoms with E-state index in [-0.39, 0.29) is 0 Å². The van der Waals surface area contributed by atoms with E-state index in [1.807, 2.05) is 42.5 Å². The lowest BCUT2D eigenvalue weighted by atomic mass is 10.2. The van der Waals surface area contributed by atoms with E-state index in [0.29, 0.717) is 26.9 Å². The van der Waals surface area contributed by atoms with E-state index in [4.69, 9.17) is 11.6 Å². The molecular formula is C16H9BrClN5. The van der Waals surface area contributed by atoms with Gasteiger partial charge in [0.25, 0.3) is 0 Å². The zero-order valence-corrected chi connectivity index (χ0v) is 14.0. The number of rotatable bonds is 2. The van der Waals surface area contributed by atoms with Crippen LogP contribution in [0, 0.1) is 0 Å². The third-order valence-electron chi connectivity index (χ3n) is 3.36. The summed E-state index contributed by atoms with van der Waals surface area (Å²) in [6, 6.07) is 13.5. The Kier molecular flexibility index (Phi) is 3.55. The second-order valence-electron chi connectivity index (χ2n) is 4.81. The zero-order valence-electron chi connectivity index (χ0n) is 11.7. The van der Waals surface area contributed by atoms with Crippen LogP contribution in [0.1, 0.15) is 0 Å². The molecule has 0 aliphatic heterocycles. The molecule has 112 valence electrons. The van der Waals surface area contributed by atoms with Gasteiger partial charge in [0.1, 0.15) is 5.15 Å². The van der Waals surface area contributed by atoms with Crippen LogP contribution in [0.2, 0.25) is 5.15 Å². The molecule has 3 heterocycles. The van der Waals surface area contributed by atoms with Gasteiger partial charge >= 0.3 is 0 Å². The predicted octanol–water partition coefficient (Wildman–Crippen LogP) is 4.27. The van der Waals surface area contributed by atoms with Crippen molar-refractivity contribution in [3.05, 3.63) is 64.5 Å². The number of halogens is 2. The molecule has 0 saturated heterocycles. The minimum Gasteiger partial charge on any atom is -0.265 e. The Bertz CT molecular complexity index is 986. The van der Waals surface area contributed by atoms with Gasteiger partial charge in [-0.3, -0.25) is 4.98 Å². The highest BCUT2D eigenvalue weighted by atomic mass is 79.9. The Morgan fingerprint density at radius 2 is 1.65 bits per heavy atom. The normalized spacial score (nSPS) is 11.0. The standard InChI is InChI=1S/C16H9BrClN5/c17-12-13(18)20-15(11-4-2-1-3-5-11)23-16(12)21-14(22-23)10-6-8-19-9-7-10/h1-9H. The van der Waals surface area contributed by atoms with Crippen molar-refractivity contribution in [2.75, 3.05) is 0 Å². The molecule has 23 heavy (non-hydrogen) atoms. The smallest absolute Gasteiger partial charge is 0.182 e. The highest BCUT2D eigenvalue weighted by Crippen LogP contribution is 2.30. The van der Waals surface area contributed by atoms with Crippen LogP contribution in [0.5, 0.6) is 0 Å². The Labute approximate surface area is 145 Å². The minimum atomic E-state index is 0.352. The number of hydrogen-bond donors (Lipinski definition) is 0. The summed E-state index contributed by atoms with van der Waals surface area (Å²) in [7, 11) is 0. The predicted molar refractivity (Wildman–Crippen MR) is 92.2 cm³/mol. The third kappa shape index (κ3) is 2.50. The first-order valence-electron chi connectivity index (χ1n) is 6.81. The highest BCUT2D eigenvalue weighted by Gasteiger charge is 2.17. The molecule has 0 bridgehead atoms. The lowest BCUT2D eigenvalue weighted by Gasteiger charge is -2.05. The lowest BCUT2D eigenvalue weighted by molar-refractivity contribution is 0.933. The quantitative estimate of drug-likeness (QED) is 0.483. The van der Waals surface area contributed by atoms with E-state index in [0.717, 1.165) is 11.1 Å². The van der Waals surface area contributed by atoms with Gasteiger partial charge in [-0.25, -0.2) is 9.97 Å². The van der Waals surface area contributed by atoms with Crippen LogP contribution >= 0.6 is 27.5 Å². The molecule has 0 radical (unpaired) electrons. The Hall–Kier alpha value is -2.31.